The quantitative estimate of drug-likeness (QED) is 0.821. The van der Waals surface area contributed by atoms with Crippen LogP contribution in [0.25, 0.3) is 0 Å². The number of hydrogen-bond acceptors (Lipinski definition) is 3. The normalized spacial score (nSPS) is 26.4. The Morgan fingerprint density at radius 2 is 2.31 bits per heavy atom. The molecule has 1 saturated carbocycles. The van der Waals surface area contributed by atoms with E-state index in [2.05, 4.69) is 10.2 Å². The molecule has 1 aromatic heterocycles. The van der Waals surface area contributed by atoms with Crippen molar-refractivity contribution in [2.24, 2.45) is 5.92 Å². The summed E-state index contributed by atoms with van der Waals surface area (Å²) in [6.07, 6.45) is 5.94. The van der Waals surface area contributed by atoms with Crippen LogP contribution in [0.2, 0.25) is 0 Å². The van der Waals surface area contributed by atoms with Gasteiger partial charge >= 0.3 is 0 Å². The third-order valence-electron chi connectivity index (χ3n) is 3.63. The first-order valence-electron chi connectivity index (χ1n) is 6.38. The Morgan fingerprint density at radius 3 is 3.06 bits per heavy atom. The van der Waals surface area contributed by atoms with Crippen LogP contribution in [-0.4, -0.2) is 30.6 Å². The maximum atomic E-state index is 5.32. The van der Waals surface area contributed by atoms with Crippen molar-refractivity contribution in [3.63, 3.8) is 0 Å². The fourth-order valence-electron chi connectivity index (χ4n) is 2.49. The summed E-state index contributed by atoms with van der Waals surface area (Å²) >= 11 is 0. The second kappa shape index (κ2) is 4.60. The predicted octanol–water partition coefficient (Wildman–Crippen LogP) is 1.85. The first-order valence-corrected chi connectivity index (χ1v) is 6.38. The zero-order chi connectivity index (χ0) is 10.8. The van der Waals surface area contributed by atoms with Crippen LogP contribution in [0.1, 0.15) is 25.0 Å². The van der Waals surface area contributed by atoms with E-state index in [1.54, 1.807) is 6.26 Å². The second-order valence-corrected chi connectivity index (χ2v) is 5.15. The molecule has 2 heterocycles. The summed E-state index contributed by atoms with van der Waals surface area (Å²) in [6, 6.07) is 4.64. The maximum absolute atomic E-state index is 5.32. The van der Waals surface area contributed by atoms with Gasteiger partial charge < -0.3 is 14.6 Å². The van der Waals surface area contributed by atoms with E-state index >= 15 is 0 Å². The minimum atomic E-state index is 0.656. The van der Waals surface area contributed by atoms with Crippen LogP contribution in [0.15, 0.2) is 22.8 Å². The lowest BCUT2D eigenvalue weighted by molar-refractivity contribution is 0.312. The Hall–Kier alpha value is -0.800. The topological polar surface area (TPSA) is 28.4 Å². The molecule has 1 N–H and O–H groups in total. The zero-order valence-corrected chi connectivity index (χ0v) is 9.69. The summed E-state index contributed by atoms with van der Waals surface area (Å²) in [7, 11) is 0. The van der Waals surface area contributed by atoms with Gasteiger partial charge in [-0.1, -0.05) is 0 Å². The molecule has 1 saturated heterocycles. The molecule has 88 valence electrons. The van der Waals surface area contributed by atoms with E-state index in [-0.39, 0.29) is 0 Å². The van der Waals surface area contributed by atoms with Crippen molar-refractivity contribution in [1.82, 2.24) is 10.2 Å². The van der Waals surface area contributed by atoms with Crippen molar-refractivity contribution in [2.45, 2.75) is 31.8 Å². The van der Waals surface area contributed by atoms with E-state index in [1.165, 1.54) is 38.9 Å². The van der Waals surface area contributed by atoms with Crippen molar-refractivity contribution in [3.8, 4) is 0 Å². The van der Waals surface area contributed by atoms with Crippen LogP contribution in [0, 0.1) is 5.92 Å². The van der Waals surface area contributed by atoms with E-state index in [4.69, 9.17) is 4.42 Å². The number of nitrogens with zero attached hydrogens (tertiary/aromatic N) is 1. The Labute approximate surface area is 96.8 Å². The van der Waals surface area contributed by atoms with Gasteiger partial charge in [-0.05, 0) is 43.9 Å². The van der Waals surface area contributed by atoms with E-state index in [0.29, 0.717) is 6.04 Å². The zero-order valence-electron chi connectivity index (χ0n) is 9.69. The molecule has 1 atom stereocenters. The lowest BCUT2D eigenvalue weighted by Gasteiger charge is -2.15. The van der Waals surface area contributed by atoms with E-state index in [9.17, 15) is 0 Å². The van der Waals surface area contributed by atoms with Crippen LogP contribution in [0.3, 0.4) is 0 Å². The summed E-state index contributed by atoms with van der Waals surface area (Å²) in [6.45, 7) is 4.69. The van der Waals surface area contributed by atoms with Crippen molar-refractivity contribution in [2.75, 3.05) is 19.6 Å². The van der Waals surface area contributed by atoms with Gasteiger partial charge in [-0.15, -0.1) is 0 Å². The molecule has 0 aromatic carbocycles. The molecular weight excluding hydrogens is 200 g/mol. The molecule has 0 radical (unpaired) electrons. The van der Waals surface area contributed by atoms with Gasteiger partial charge in [0.05, 0.1) is 12.8 Å². The molecule has 16 heavy (non-hydrogen) atoms. The largest absolute Gasteiger partial charge is 0.468 e. The summed E-state index contributed by atoms with van der Waals surface area (Å²) in [5.74, 6) is 2.06. The fraction of sp³-hybridized carbons (Fsp3) is 0.692. The van der Waals surface area contributed by atoms with Gasteiger partial charge in [-0.2, -0.15) is 0 Å². The Morgan fingerprint density at radius 1 is 1.38 bits per heavy atom. The van der Waals surface area contributed by atoms with Crippen LogP contribution in [-0.2, 0) is 6.54 Å². The smallest absolute Gasteiger partial charge is 0.117 e. The average Bonchev–Trinajstić information content (AvgIpc) is 2.81. The molecular formula is C13H20N2O. The molecule has 1 unspecified atom stereocenters. The monoisotopic (exact) mass is 220 g/mol. The number of rotatable bonds is 5. The number of hydrogen-bond donors (Lipinski definition) is 1. The van der Waals surface area contributed by atoms with Crippen LogP contribution >= 0.6 is 0 Å². The highest BCUT2D eigenvalue weighted by Gasteiger charge is 2.28. The first-order chi connectivity index (χ1) is 7.90. The maximum Gasteiger partial charge on any atom is 0.117 e. The van der Waals surface area contributed by atoms with Gasteiger partial charge in [0.1, 0.15) is 5.76 Å². The predicted molar refractivity (Wildman–Crippen MR) is 63.1 cm³/mol. The molecule has 1 aliphatic heterocycles. The van der Waals surface area contributed by atoms with E-state index in [0.717, 1.165) is 18.2 Å². The van der Waals surface area contributed by atoms with Crippen LogP contribution in [0.5, 0.6) is 0 Å². The molecule has 2 aliphatic rings. The summed E-state index contributed by atoms with van der Waals surface area (Å²) < 4.78 is 5.32. The lowest BCUT2D eigenvalue weighted by Crippen LogP contribution is -2.32. The third-order valence-corrected chi connectivity index (χ3v) is 3.63. The standard InChI is InChI=1S/C13H20N2O/c1-2-13(16-7-1)8-14-12-5-6-15(10-12)9-11-3-4-11/h1-2,7,11-12,14H,3-6,8-10H2. The molecule has 1 aromatic rings. The first kappa shape index (κ1) is 10.4. The highest BCUT2D eigenvalue weighted by molar-refractivity contribution is 4.98. The summed E-state index contributed by atoms with van der Waals surface area (Å²) in [4.78, 5) is 2.61. The molecule has 0 bridgehead atoms. The van der Waals surface area contributed by atoms with Gasteiger partial charge in [-0.3, -0.25) is 0 Å². The van der Waals surface area contributed by atoms with Crippen molar-refractivity contribution < 1.29 is 4.42 Å². The van der Waals surface area contributed by atoms with E-state index < -0.39 is 0 Å². The van der Waals surface area contributed by atoms with Crippen molar-refractivity contribution in [1.29, 1.82) is 0 Å². The lowest BCUT2D eigenvalue weighted by atomic mass is 10.2. The van der Waals surface area contributed by atoms with Gasteiger partial charge in [0, 0.05) is 19.1 Å². The van der Waals surface area contributed by atoms with Gasteiger partial charge in [0.2, 0.25) is 0 Å². The van der Waals surface area contributed by atoms with E-state index in [1.807, 2.05) is 12.1 Å². The van der Waals surface area contributed by atoms with Crippen molar-refractivity contribution in [3.05, 3.63) is 24.2 Å². The van der Waals surface area contributed by atoms with Gasteiger partial charge in [0.15, 0.2) is 0 Å². The summed E-state index contributed by atoms with van der Waals surface area (Å²) in [5, 5.41) is 3.57. The molecule has 0 amide bonds. The minimum absolute atomic E-state index is 0.656. The molecule has 0 spiro atoms. The second-order valence-electron chi connectivity index (χ2n) is 5.15. The summed E-state index contributed by atoms with van der Waals surface area (Å²) in [5.41, 5.74) is 0. The van der Waals surface area contributed by atoms with Crippen LogP contribution < -0.4 is 5.32 Å². The average molecular weight is 220 g/mol. The highest BCUT2D eigenvalue weighted by Crippen LogP contribution is 2.30. The Bertz CT molecular complexity index is 319. The van der Waals surface area contributed by atoms with Gasteiger partial charge in [0.25, 0.3) is 0 Å². The SMILES string of the molecule is c1coc(CNC2CCN(CC3CC3)C2)c1. The van der Waals surface area contributed by atoms with Crippen LogP contribution in [0.4, 0.5) is 0 Å². The molecule has 3 rings (SSSR count). The molecule has 3 nitrogen and oxygen atoms in total. The number of furan rings is 1. The number of nitrogens with one attached hydrogen (secondary N) is 1. The molecule has 2 fully saturated rings. The molecule has 3 heteroatoms. The minimum Gasteiger partial charge on any atom is -0.468 e. The van der Waals surface area contributed by atoms with Crippen molar-refractivity contribution >= 4 is 0 Å². The van der Waals surface area contributed by atoms with Gasteiger partial charge in [-0.25, -0.2) is 0 Å². The third kappa shape index (κ3) is 2.66. The number of likely N-dealkylation sites (tertiary alicyclic amines) is 1. The Kier molecular flexibility index (Phi) is 2.98. The highest BCUT2D eigenvalue weighted by atomic mass is 16.3. The Balaban J connectivity index is 1.39. The molecule has 1 aliphatic carbocycles. The fourth-order valence-corrected chi connectivity index (χ4v) is 2.49.